The van der Waals surface area contributed by atoms with Crippen molar-refractivity contribution in [2.45, 2.75) is 6.42 Å². The van der Waals surface area contributed by atoms with Crippen LogP contribution in [0.15, 0.2) is 71.2 Å². The molecule has 0 radical (unpaired) electrons. The zero-order valence-electron chi connectivity index (χ0n) is 17.4. The summed E-state index contributed by atoms with van der Waals surface area (Å²) in [4.78, 5) is 12.8. The lowest BCUT2D eigenvalue weighted by Gasteiger charge is -2.07. The maximum atomic E-state index is 13.1. The number of hydrogen-bond acceptors (Lipinski definition) is 4. The van der Waals surface area contributed by atoms with Crippen molar-refractivity contribution in [2.24, 2.45) is 0 Å². The maximum absolute atomic E-state index is 13.1. The molecule has 3 aromatic carbocycles. The van der Waals surface area contributed by atoms with Crippen LogP contribution in [0.2, 0.25) is 0 Å². The minimum absolute atomic E-state index is 0.212. The fourth-order valence-electron chi connectivity index (χ4n) is 3.82. The van der Waals surface area contributed by atoms with Gasteiger partial charge in [-0.25, -0.2) is 4.39 Å². The van der Waals surface area contributed by atoms with Gasteiger partial charge in [-0.15, -0.1) is 0 Å². The highest BCUT2D eigenvalue weighted by Gasteiger charge is 2.23. The smallest absolute Gasteiger partial charge is 0.255 e. The molecule has 0 saturated carbocycles. The van der Waals surface area contributed by atoms with E-state index >= 15 is 0 Å². The molecule has 1 aliphatic rings. The van der Waals surface area contributed by atoms with Crippen LogP contribution in [0.25, 0.3) is 28.4 Å². The number of carbonyl (C=O) groups is 1. The molecule has 1 amide bonds. The summed E-state index contributed by atoms with van der Waals surface area (Å²) in [6.45, 7) is 0.848. The van der Waals surface area contributed by atoms with Crippen molar-refractivity contribution < 1.29 is 18.3 Å². The summed E-state index contributed by atoms with van der Waals surface area (Å²) in [7, 11) is 1.61. The molecule has 2 heterocycles. The van der Waals surface area contributed by atoms with E-state index in [4.69, 9.17) is 9.15 Å². The third kappa shape index (κ3) is 3.71. The number of ether oxygens (including phenoxy) is 1. The Morgan fingerprint density at radius 3 is 2.50 bits per heavy atom. The van der Waals surface area contributed by atoms with Gasteiger partial charge >= 0.3 is 0 Å². The predicted molar refractivity (Wildman–Crippen MR) is 124 cm³/mol. The van der Waals surface area contributed by atoms with Crippen LogP contribution in [-0.4, -0.2) is 19.5 Å². The summed E-state index contributed by atoms with van der Waals surface area (Å²) in [5.74, 6) is 1.10. The third-order valence-electron chi connectivity index (χ3n) is 5.40. The van der Waals surface area contributed by atoms with Crippen molar-refractivity contribution in [1.29, 1.82) is 0 Å². The van der Waals surface area contributed by atoms with E-state index in [9.17, 15) is 9.18 Å². The fourth-order valence-corrected chi connectivity index (χ4v) is 3.82. The summed E-state index contributed by atoms with van der Waals surface area (Å²) in [5, 5.41) is 6.88. The molecule has 160 valence electrons. The summed E-state index contributed by atoms with van der Waals surface area (Å²) in [6, 6.07) is 17.0. The quantitative estimate of drug-likeness (QED) is 0.405. The van der Waals surface area contributed by atoms with Gasteiger partial charge in [0.05, 0.1) is 5.56 Å². The minimum atomic E-state index is -0.317. The van der Waals surface area contributed by atoms with Gasteiger partial charge in [0.2, 0.25) is 0 Å². The molecule has 32 heavy (non-hydrogen) atoms. The Kier molecular flexibility index (Phi) is 5.11. The highest BCUT2D eigenvalue weighted by molar-refractivity contribution is 6.12. The lowest BCUT2D eigenvalue weighted by atomic mass is 10.0. The molecule has 6 heteroatoms. The molecule has 1 aromatic heterocycles. The Morgan fingerprint density at radius 1 is 1.06 bits per heavy atom. The third-order valence-corrected chi connectivity index (χ3v) is 5.40. The van der Waals surface area contributed by atoms with Crippen LogP contribution in [0.3, 0.4) is 0 Å². The fraction of sp³-hybridized carbons (Fsp3) is 0.115. The van der Waals surface area contributed by atoms with E-state index in [0.29, 0.717) is 28.4 Å². The molecular weight excluding hydrogens is 407 g/mol. The summed E-state index contributed by atoms with van der Waals surface area (Å²) < 4.78 is 25.0. The zero-order valence-corrected chi connectivity index (χ0v) is 17.4. The van der Waals surface area contributed by atoms with E-state index in [1.54, 1.807) is 31.3 Å². The number of nitrogens with one attached hydrogen (secondary N) is 2. The first-order valence-corrected chi connectivity index (χ1v) is 10.4. The van der Waals surface area contributed by atoms with Crippen molar-refractivity contribution >= 4 is 28.6 Å². The maximum Gasteiger partial charge on any atom is 0.255 e. The number of rotatable bonds is 4. The number of carbonyl (C=O) groups excluding carboxylic acids is 1. The molecule has 4 aromatic rings. The monoisotopic (exact) mass is 428 g/mol. The Hall–Kier alpha value is -4.06. The zero-order chi connectivity index (χ0) is 22.1. The Labute approximate surface area is 184 Å². The molecule has 5 nitrogen and oxygen atoms in total. The van der Waals surface area contributed by atoms with Gasteiger partial charge < -0.3 is 19.8 Å². The number of furan rings is 1. The molecule has 5 rings (SSSR count). The van der Waals surface area contributed by atoms with Gasteiger partial charge in [0, 0.05) is 36.3 Å². The highest BCUT2D eigenvalue weighted by Crippen LogP contribution is 2.38. The Bertz CT molecular complexity index is 1320. The number of halogens is 1. The SMILES string of the molecule is CNC(=O)c1c(-c2ccc(Oc3ccc(F)cc3)cc2)oc2cc3c(cc12)C=CCCN3. The topological polar surface area (TPSA) is 63.5 Å². The van der Waals surface area contributed by atoms with E-state index in [0.717, 1.165) is 35.2 Å². The van der Waals surface area contributed by atoms with E-state index in [2.05, 4.69) is 22.8 Å². The molecule has 0 bridgehead atoms. The van der Waals surface area contributed by atoms with Crippen LogP contribution in [0, 0.1) is 5.82 Å². The van der Waals surface area contributed by atoms with Crippen molar-refractivity contribution in [2.75, 3.05) is 18.9 Å². The Morgan fingerprint density at radius 2 is 1.78 bits per heavy atom. The standard InChI is InChI=1S/C26H21FN2O3/c1-28-26(30)24-21-14-17-4-2-3-13-29-22(17)15-23(21)32-25(24)16-5-9-19(10-6-16)31-20-11-7-18(27)8-12-20/h2,4-12,14-15,29H,3,13H2,1H3,(H,28,30). The lowest BCUT2D eigenvalue weighted by molar-refractivity contribution is 0.0964. The first kappa shape index (κ1) is 19.9. The predicted octanol–water partition coefficient (Wildman–Crippen LogP) is 6.22. The molecule has 2 N–H and O–H groups in total. The Balaban J connectivity index is 1.55. The molecule has 0 atom stereocenters. The molecule has 0 fully saturated rings. The summed E-state index contributed by atoms with van der Waals surface area (Å²) in [5.41, 5.74) is 3.90. The normalized spacial score (nSPS) is 12.7. The van der Waals surface area contributed by atoms with Gasteiger partial charge in [0.15, 0.2) is 0 Å². The lowest BCUT2D eigenvalue weighted by Crippen LogP contribution is -2.18. The molecule has 0 saturated heterocycles. The van der Waals surface area contributed by atoms with Crippen molar-refractivity contribution in [3.8, 4) is 22.8 Å². The number of fused-ring (bicyclic) bond motifs is 2. The average molecular weight is 428 g/mol. The largest absolute Gasteiger partial charge is 0.457 e. The summed E-state index contributed by atoms with van der Waals surface area (Å²) in [6.07, 6.45) is 5.12. The number of anilines is 1. The molecule has 0 unspecified atom stereocenters. The van der Waals surface area contributed by atoms with Crippen LogP contribution >= 0.6 is 0 Å². The van der Waals surface area contributed by atoms with Crippen molar-refractivity contribution in [1.82, 2.24) is 5.32 Å². The van der Waals surface area contributed by atoms with E-state index in [-0.39, 0.29) is 11.7 Å². The van der Waals surface area contributed by atoms with Crippen LogP contribution in [0.1, 0.15) is 22.3 Å². The second kappa shape index (κ2) is 8.23. The highest BCUT2D eigenvalue weighted by atomic mass is 19.1. The second-order valence-corrected chi connectivity index (χ2v) is 7.52. The van der Waals surface area contributed by atoms with Gasteiger partial charge in [-0.1, -0.05) is 12.2 Å². The molecule has 0 aliphatic carbocycles. The molecular formula is C26H21FN2O3. The molecule has 0 spiro atoms. The van der Waals surface area contributed by atoms with Gasteiger partial charge in [0.1, 0.15) is 28.7 Å². The van der Waals surface area contributed by atoms with E-state index in [1.165, 1.54) is 12.1 Å². The van der Waals surface area contributed by atoms with Gasteiger partial charge in [-0.2, -0.15) is 0 Å². The first-order chi connectivity index (χ1) is 15.6. The first-order valence-electron chi connectivity index (χ1n) is 10.4. The van der Waals surface area contributed by atoms with E-state index < -0.39 is 0 Å². The number of amides is 1. The van der Waals surface area contributed by atoms with E-state index in [1.807, 2.05) is 24.3 Å². The van der Waals surface area contributed by atoms with Crippen molar-refractivity contribution in [3.05, 3.63) is 83.7 Å². The van der Waals surface area contributed by atoms with Crippen LogP contribution < -0.4 is 15.4 Å². The molecule has 1 aliphatic heterocycles. The van der Waals surface area contributed by atoms with Crippen LogP contribution in [0.5, 0.6) is 11.5 Å². The number of hydrogen-bond donors (Lipinski definition) is 2. The van der Waals surface area contributed by atoms with Crippen molar-refractivity contribution in [3.63, 3.8) is 0 Å². The number of benzene rings is 3. The van der Waals surface area contributed by atoms with Crippen LogP contribution in [0.4, 0.5) is 10.1 Å². The van der Waals surface area contributed by atoms with Gasteiger partial charge in [0.25, 0.3) is 5.91 Å². The second-order valence-electron chi connectivity index (χ2n) is 7.52. The minimum Gasteiger partial charge on any atom is -0.457 e. The van der Waals surface area contributed by atoms with Gasteiger partial charge in [-0.3, -0.25) is 4.79 Å². The van der Waals surface area contributed by atoms with Crippen LogP contribution in [-0.2, 0) is 0 Å². The van der Waals surface area contributed by atoms with Gasteiger partial charge in [-0.05, 0) is 66.6 Å². The summed E-state index contributed by atoms with van der Waals surface area (Å²) >= 11 is 0. The average Bonchev–Trinajstić information content (AvgIpc) is 3.02.